The number of anilines is 1. The smallest absolute Gasteiger partial charge is 0.306 e. The molecule has 0 radical (unpaired) electrons. The Labute approximate surface area is 176 Å². The number of nitrogens with zero attached hydrogens (tertiary/aromatic N) is 5. The lowest BCUT2D eigenvalue weighted by atomic mass is 10.0. The molecule has 9 nitrogen and oxygen atoms in total. The van der Waals surface area contributed by atoms with E-state index in [1.165, 1.54) is 13.4 Å². The third-order valence-corrected chi connectivity index (χ3v) is 8.98. The predicted octanol–water partition coefficient (Wildman–Crippen LogP) is 1.90. The van der Waals surface area contributed by atoms with E-state index in [1.807, 2.05) is 12.3 Å². The Kier molecular flexibility index (Phi) is 4.73. The van der Waals surface area contributed by atoms with Crippen LogP contribution in [-0.4, -0.2) is 70.1 Å². The van der Waals surface area contributed by atoms with Gasteiger partial charge in [0.1, 0.15) is 17.8 Å². The number of fused-ring (bicyclic) bond motifs is 1. The van der Waals surface area contributed by atoms with Crippen molar-refractivity contribution in [3.63, 3.8) is 0 Å². The monoisotopic (exact) mass is 432 g/mol. The summed E-state index contributed by atoms with van der Waals surface area (Å²) in [5, 5.41) is 0.938. The average molecular weight is 433 g/mol. The lowest BCUT2D eigenvalue weighted by Gasteiger charge is -2.43. The number of carbonyl (C=O) groups excluding carboxylic acids is 1. The summed E-state index contributed by atoms with van der Waals surface area (Å²) in [6.45, 7) is 1.45. The minimum Gasteiger partial charge on any atom is -0.353 e. The topological polar surface area (TPSA) is 102 Å². The first-order chi connectivity index (χ1) is 14.4. The summed E-state index contributed by atoms with van der Waals surface area (Å²) >= 11 is 0. The van der Waals surface area contributed by atoms with Crippen LogP contribution in [0.3, 0.4) is 0 Å². The van der Waals surface area contributed by atoms with Gasteiger partial charge in [-0.2, -0.15) is 12.7 Å². The SMILES string of the molecule is CN(C(=O)CC1CCCC1)S(=O)(=O)N1CCN(c2ncnc3[nH]ccc23)CC12CC2. The van der Waals surface area contributed by atoms with E-state index in [0.717, 1.165) is 59.7 Å². The fourth-order valence-electron chi connectivity index (χ4n) is 5.03. The number of aromatic nitrogens is 3. The van der Waals surface area contributed by atoms with Gasteiger partial charge in [-0.3, -0.25) is 4.79 Å². The van der Waals surface area contributed by atoms with Gasteiger partial charge in [0, 0.05) is 39.3 Å². The molecule has 2 aliphatic carbocycles. The van der Waals surface area contributed by atoms with Gasteiger partial charge < -0.3 is 9.88 Å². The Morgan fingerprint density at radius 3 is 2.77 bits per heavy atom. The van der Waals surface area contributed by atoms with E-state index in [0.29, 0.717) is 32.0 Å². The van der Waals surface area contributed by atoms with Gasteiger partial charge in [-0.15, -0.1) is 0 Å². The van der Waals surface area contributed by atoms with Gasteiger partial charge in [-0.25, -0.2) is 14.3 Å². The summed E-state index contributed by atoms with van der Waals surface area (Å²) in [6, 6.07) is 1.95. The number of aromatic amines is 1. The Morgan fingerprint density at radius 1 is 1.27 bits per heavy atom. The Bertz CT molecular complexity index is 1060. The van der Waals surface area contributed by atoms with Crippen molar-refractivity contribution >= 4 is 33.0 Å². The van der Waals surface area contributed by atoms with E-state index in [9.17, 15) is 13.2 Å². The first kappa shape index (κ1) is 19.7. The number of hydrogen-bond donors (Lipinski definition) is 1. The molecule has 10 heteroatoms. The first-order valence-corrected chi connectivity index (χ1v) is 12.1. The second kappa shape index (κ2) is 7.19. The second-order valence-corrected chi connectivity index (χ2v) is 10.8. The fourth-order valence-corrected chi connectivity index (χ4v) is 6.70. The summed E-state index contributed by atoms with van der Waals surface area (Å²) in [5.74, 6) is 0.864. The highest BCUT2D eigenvalue weighted by Crippen LogP contribution is 2.47. The predicted molar refractivity (Wildman–Crippen MR) is 113 cm³/mol. The maximum Gasteiger partial charge on any atom is 0.306 e. The molecule has 0 unspecified atom stereocenters. The Morgan fingerprint density at radius 2 is 2.03 bits per heavy atom. The molecule has 0 atom stereocenters. The van der Waals surface area contributed by atoms with Gasteiger partial charge in [0.05, 0.1) is 10.9 Å². The standard InChI is InChI=1S/C20H28N6O3S/c1-24(17(27)12-15-4-2-3-5-15)30(28,29)26-11-10-25(13-20(26)7-8-20)19-16-6-9-21-18(16)22-14-23-19/h6,9,14-15H,2-5,7-8,10-13H2,1H3,(H,21,22,23). The van der Waals surface area contributed by atoms with E-state index in [-0.39, 0.29) is 5.91 Å². The number of rotatable bonds is 5. The molecule has 5 rings (SSSR count). The maximum atomic E-state index is 13.4. The van der Waals surface area contributed by atoms with Gasteiger partial charge in [0.15, 0.2) is 0 Å². The van der Waals surface area contributed by atoms with Gasteiger partial charge in [-0.1, -0.05) is 12.8 Å². The molecule has 2 aromatic heterocycles. The molecule has 1 amide bonds. The number of nitrogens with one attached hydrogen (secondary N) is 1. The van der Waals surface area contributed by atoms with Crippen molar-refractivity contribution in [3.05, 3.63) is 18.6 Å². The van der Waals surface area contributed by atoms with Crippen LogP contribution < -0.4 is 4.90 Å². The van der Waals surface area contributed by atoms with Crippen molar-refractivity contribution < 1.29 is 13.2 Å². The van der Waals surface area contributed by atoms with Crippen molar-refractivity contribution in [2.75, 3.05) is 31.6 Å². The highest BCUT2D eigenvalue weighted by Gasteiger charge is 2.57. The zero-order chi connectivity index (χ0) is 20.9. The molecule has 2 aromatic rings. The van der Waals surface area contributed by atoms with E-state index in [1.54, 1.807) is 4.31 Å². The first-order valence-electron chi connectivity index (χ1n) is 10.7. The second-order valence-electron chi connectivity index (χ2n) is 8.88. The van der Waals surface area contributed by atoms with Crippen LogP contribution in [0.4, 0.5) is 5.82 Å². The largest absolute Gasteiger partial charge is 0.353 e. The molecule has 3 fully saturated rings. The van der Waals surface area contributed by atoms with Crippen LogP contribution in [0.5, 0.6) is 0 Å². The van der Waals surface area contributed by atoms with Crippen LogP contribution in [-0.2, 0) is 15.0 Å². The summed E-state index contributed by atoms with van der Waals surface area (Å²) in [6.07, 6.45) is 9.61. The maximum absolute atomic E-state index is 13.4. The van der Waals surface area contributed by atoms with Crippen LogP contribution in [0, 0.1) is 5.92 Å². The molecule has 3 aliphatic rings. The van der Waals surface area contributed by atoms with Crippen LogP contribution in [0.25, 0.3) is 11.0 Å². The minimum absolute atomic E-state index is 0.287. The fraction of sp³-hybridized carbons (Fsp3) is 0.650. The minimum atomic E-state index is -3.83. The Balaban J connectivity index is 1.34. The summed E-state index contributed by atoms with van der Waals surface area (Å²) in [7, 11) is -2.41. The van der Waals surface area contributed by atoms with E-state index in [4.69, 9.17) is 0 Å². The van der Waals surface area contributed by atoms with E-state index < -0.39 is 15.7 Å². The molecule has 3 heterocycles. The number of hydrogen-bond acceptors (Lipinski definition) is 6. The summed E-state index contributed by atoms with van der Waals surface area (Å²) in [5.41, 5.74) is 0.323. The van der Waals surface area contributed by atoms with E-state index in [2.05, 4.69) is 19.9 Å². The average Bonchev–Trinajstić information content (AvgIpc) is 3.14. The molecule has 1 aliphatic heterocycles. The molecular weight excluding hydrogens is 404 g/mol. The molecule has 162 valence electrons. The number of amides is 1. The molecule has 0 bridgehead atoms. The Hall–Kier alpha value is -2.20. The van der Waals surface area contributed by atoms with E-state index >= 15 is 0 Å². The number of piperazine rings is 1. The summed E-state index contributed by atoms with van der Waals surface area (Å²) < 4.78 is 29.3. The van der Waals surface area contributed by atoms with Crippen molar-refractivity contribution in [2.45, 2.75) is 50.5 Å². The third-order valence-electron chi connectivity index (χ3n) is 6.96. The van der Waals surface area contributed by atoms with Crippen LogP contribution in [0.1, 0.15) is 44.9 Å². The molecule has 30 heavy (non-hydrogen) atoms. The summed E-state index contributed by atoms with van der Waals surface area (Å²) in [4.78, 5) is 26.7. The molecule has 1 saturated heterocycles. The molecule has 0 aromatic carbocycles. The van der Waals surface area contributed by atoms with Crippen molar-refractivity contribution in [1.29, 1.82) is 0 Å². The van der Waals surface area contributed by atoms with Crippen LogP contribution in [0.2, 0.25) is 0 Å². The van der Waals surface area contributed by atoms with Crippen molar-refractivity contribution in [2.24, 2.45) is 5.92 Å². The van der Waals surface area contributed by atoms with Gasteiger partial charge >= 0.3 is 10.2 Å². The van der Waals surface area contributed by atoms with Gasteiger partial charge in [0.2, 0.25) is 5.91 Å². The molecule has 1 spiro atoms. The highest BCUT2D eigenvalue weighted by atomic mass is 32.2. The molecular formula is C20H28N6O3S. The highest BCUT2D eigenvalue weighted by molar-refractivity contribution is 7.87. The van der Waals surface area contributed by atoms with Crippen LogP contribution >= 0.6 is 0 Å². The lowest BCUT2D eigenvalue weighted by molar-refractivity contribution is -0.126. The quantitative estimate of drug-likeness (QED) is 0.774. The van der Waals surface area contributed by atoms with Crippen molar-refractivity contribution in [3.8, 4) is 0 Å². The van der Waals surface area contributed by atoms with Gasteiger partial charge in [-0.05, 0) is 37.7 Å². The van der Waals surface area contributed by atoms with Crippen molar-refractivity contribution in [1.82, 2.24) is 23.6 Å². The molecule has 2 saturated carbocycles. The number of carbonyl (C=O) groups is 1. The van der Waals surface area contributed by atoms with Gasteiger partial charge in [0.25, 0.3) is 0 Å². The molecule has 1 N–H and O–H groups in total. The normalized spacial score (nSPS) is 22.1. The zero-order valence-electron chi connectivity index (χ0n) is 17.2. The number of H-pyrrole nitrogens is 1. The zero-order valence-corrected chi connectivity index (χ0v) is 18.1. The third kappa shape index (κ3) is 3.26. The lowest BCUT2D eigenvalue weighted by Crippen LogP contribution is -2.60. The van der Waals surface area contributed by atoms with Crippen LogP contribution in [0.15, 0.2) is 18.6 Å².